The Bertz CT molecular complexity index is 617. The summed E-state index contributed by atoms with van der Waals surface area (Å²) in [5, 5.41) is 1.46. The largest absolute Gasteiger partial charge is 0.333 e. The van der Waals surface area contributed by atoms with E-state index in [4.69, 9.17) is 5.73 Å². The number of hydrogen-bond donors (Lipinski definition) is 2. The van der Waals surface area contributed by atoms with Crippen molar-refractivity contribution in [2.75, 3.05) is 0 Å². The van der Waals surface area contributed by atoms with Crippen LogP contribution in [0.4, 0.5) is 0 Å². The van der Waals surface area contributed by atoms with Crippen molar-refractivity contribution in [2.45, 2.75) is 56.5 Å². The smallest absolute Gasteiger partial charge is 0.166 e. The Morgan fingerprint density at radius 3 is 3.00 bits per heavy atom. The summed E-state index contributed by atoms with van der Waals surface area (Å²) in [5.41, 5.74) is 10.1. The molecule has 2 aromatic rings. The zero-order valence-corrected chi connectivity index (χ0v) is 13.3. The predicted octanol–water partition coefficient (Wildman–Crippen LogP) is 3.87. The van der Waals surface area contributed by atoms with Gasteiger partial charge in [0.2, 0.25) is 0 Å². The quantitative estimate of drug-likeness (QED) is 0.882. The number of thioether (sulfide) groups is 1. The van der Waals surface area contributed by atoms with Crippen molar-refractivity contribution in [3.63, 3.8) is 0 Å². The highest BCUT2D eigenvalue weighted by Gasteiger charge is 2.34. The fourth-order valence-electron chi connectivity index (χ4n) is 2.97. The van der Waals surface area contributed by atoms with Gasteiger partial charge in [-0.25, -0.2) is 4.98 Å². The highest BCUT2D eigenvalue weighted by molar-refractivity contribution is 7.99. The highest BCUT2D eigenvalue weighted by atomic mass is 32.2. The first-order valence-electron chi connectivity index (χ1n) is 7.32. The Hall–Kier alpha value is -1.00. The molecule has 1 aromatic carbocycles. The number of aromatic amines is 1. The summed E-state index contributed by atoms with van der Waals surface area (Å²) in [6.45, 7) is 6.79. The molecule has 4 heteroatoms. The van der Waals surface area contributed by atoms with Gasteiger partial charge >= 0.3 is 0 Å². The van der Waals surface area contributed by atoms with Gasteiger partial charge in [-0.2, -0.15) is 0 Å². The lowest BCUT2D eigenvalue weighted by molar-refractivity contribution is 0.232. The molecule has 3 nitrogen and oxygen atoms in total. The topological polar surface area (TPSA) is 54.7 Å². The third-order valence-corrected chi connectivity index (χ3v) is 5.50. The van der Waals surface area contributed by atoms with E-state index in [2.05, 4.69) is 48.9 Å². The predicted molar refractivity (Wildman–Crippen MR) is 86.1 cm³/mol. The molecule has 3 N–H and O–H groups in total. The number of hydrogen-bond acceptors (Lipinski definition) is 3. The molecule has 1 aliphatic carbocycles. The third-order valence-electron chi connectivity index (χ3n) is 4.26. The van der Waals surface area contributed by atoms with Crippen molar-refractivity contribution in [3.8, 4) is 0 Å². The standard InChI is InChI=1S/C16H23N3S/c1-10-4-5-12-13(8-10)19-15(18-12)20-14-9-16(2,3)7-6-11(14)17/h4-5,8,11,14H,6-7,9,17H2,1-3H3,(H,18,19). The summed E-state index contributed by atoms with van der Waals surface area (Å²) in [6.07, 6.45) is 3.50. The van der Waals surface area contributed by atoms with E-state index < -0.39 is 0 Å². The minimum atomic E-state index is 0.281. The van der Waals surface area contributed by atoms with Crippen LogP contribution in [0.2, 0.25) is 0 Å². The van der Waals surface area contributed by atoms with Gasteiger partial charge in [0.05, 0.1) is 11.0 Å². The van der Waals surface area contributed by atoms with Crippen molar-refractivity contribution in [2.24, 2.45) is 11.1 Å². The number of nitrogens with one attached hydrogen (secondary N) is 1. The van der Waals surface area contributed by atoms with Crippen molar-refractivity contribution in [3.05, 3.63) is 23.8 Å². The molecule has 0 aliphatic heterocycles. The number of aromatic nitrogens is 2. The lowest BCUT2D eigenvalue weighted by Crippen LogP contribution is -2.41. The van der Waals surface area contributed by atoms with E-state index in [1.165, 1.54) is 12.0 Å². The van der Waals surface area contributed by atoms with Gasteiger partial charge in [0.1, 0.15) is 0 Å². The van der Waals surface area contributed by atoms with Crippen LogP contribution in [0.15, 0.2) is 23.4 Å². The first kappa shape index (κ1) is 14.0. The summed E-state index contributed by atoms with van der Waals surface area (Å²) in [7, 11) is 0. The maximum Gasteiger partial charge on any atom is 0.166 e. The van der Waals surface area contributed by atoms with Crippen molar-refractivity contribution >= 4 is 22.8 Å². The molecular formula is C16H23N3S. The fourth-order valence-corrected chi connectivity index (χ4v) is 4.42. The number of nitrogens with two attached hydrogens (primary N) is 1. The van der Waals surface area contributed by atoms with Crippen LogP contribution in [0.1, 0.15) is 38.7 Å². The van der Waals surface area contributed by atoms with Gasteiger partial charge in [-0.1, -0.05) is 31.7 Å². The zero-order chi connectivity index (χ0) is 14.3. The molecule has 0 saturated heterocycles. The van der Waals surface area contributed by atoms with Gasteiger partial charge < -0.3 is 10.7 Å². The molecule has 2 atom stereocenters. The summed E-state index contributed by atoms with van der Waals surface area (Å²) < 4.78 is 0. The molecule has 0 spiro atoms. The van der Waals surface area contributed by atoms with Gasteiger partial charge in [0.15, 0.2) is 5.16 Å². The minimum Gasteiger partial charge on any atom is -0.333 e. The molecule has 1 heterocycles. The van der Waals surface area contributed by atoms with Crippen LogP contribution in [-0.4, -0.2) is 21.3 Å². The summed E-state index contributed by atoms with van der Waals surface area (Å²) in [5.74, 6) is 0. The second-order valence-electron chi connectivity index (χ2n) is 6.79. The number of benzene rings is 1. The molecule has 1 aliphatic rings. The first-order chi connectivity index (χ1) is 9.43. The van der Waals surface area contributed by atoms with Crippen molar-refractivity contribution in [1.29, 1.82) is 0 Å². The number of H-pyrrole nitrogens is 1. The highest BCUT2D eigenvalue weighted by Crippen LogP contribution is 2.41. The van der Waals surface area contributed by atoms with Gasteiger partial charge in [-0.05, 0) is 49.3 Å². The van der Waals surface area contributed by atoms with Crippen LogP contribution >= 0.6 is 11.8 Å². The van der Waals surface area contributed by atoms with E-state index in [0.29, 0.717) is 10.7 Å². The molecule has 108 valence electrons. The van der Waals surface area contributed by atoms with Crippen LogP contribution in [0.5, 0.6) is 0 Å². The maximum absolute atomic E-state index is 6.30. The molecule has 2 unspecified atom stereocenters. The molecule has 1 aromatic heterocycles. The summed E-state index contributed by atoms with van der Waals surface area (Å²) >= 11 is 1.81. The maximum atomic E-state index is 6.30. The number of nitrogens with zero attached hydrogens (tertiary/aromatic N) is 1. The monoisotopic (exact) mass is 289 g/mol. The number of fused-ring (bicyclic) bond motifs is 1. The summed E-state index contributed by atoms with van der Waals surface area (Å²) in [6, 6.07) is 6.61. The van der Waals surface area contributed by atoms with Gasteiger partial charge in [-0.3, -0.25) is 0 Å². The van der Waals surface area contributed by atoms with Gasteiger partial charge in [-0.15, -0.1) is 0 Å². The van der Waals surface area contributed by atoms with E-state index in [-0.39, 0.29) is 6.04 Å². The molecule has 1 saturated carbocycles. The Labute approximate surface area is 124 Å². The van der Waals surface area contributed by atoms with Crippen LogP contribution in [-0.2, 0) is 0 Å². The third kappa shape index (κ3) is 2.86. The Morgan fingerprint density at radius 1 is 1.40 bits per heavy atom. The number of aryl methyl sites for hydroxylation is 1. The molecule has 20 heavy (non-hydrogen) atoms. The normalized spacial score (nSPS) is 26.0. The number of rotatable bonds is 2. The van der Waals surface area contributed by atoms with Gasteiger partial charge in [0, 0.05) is 11.3 Å². The molecule has 0 radical (unpaired) electrons. The van der Waals surface area contributed by atoms with Crippen molar-refractivity contribution < 1.29 is 0 Å². The van der Waals surface area contributed by atoms with Crippen molar-refractivity contribution in [1.82, 2.24) is 9.97 Å². The molecule has 3 rings (SSSR count). The van der Waals surface area contributed by atoms with Crippen LogP contribution in [0, 0.1) is 12.3 Å². The van der Waals surface area contributed by atoms with Crippen LogP contribution in [0.25, 0.3) is 11.0 Å². The SMILES string of the molecule is Cc1ccc2nc(SC3CC(C)(C)CCC3N)[nH]c2c1. The molecule has 1 fully saturated rings. The number of imidazole rings is 1. The first-order valence-corrected chi connectivity index (χ1v) is 8.19. The minimum absolute atomic E-state index is 0.281. The second-order valence-corrected chi connectivity index (χ2v) is 8.02. The summed E-state index contributed by atoms with van der Waals surface area (Å²) in [4.78, 5) is 8.11. The van der Waals surface area contributed by atoms with Gasteiger partial charge in [0.25, 0.3) is 0 Å². The Kier molecular flexibility index (Phi) is 3.55. The average Bonchev–Trinajstić information content (AvgIpc) is 2.75. The molecule has 0 amide bonds. The Balaban J connectivity index is 1.81. The van der Waals surface area contributed by atoms with E-state index in [9.17, 15) is 0 Å². The van der Waals surface area contributed by atoms with Crippen LogP contribution < -0.4 is 5.73 Å². The second kappa shape index (κ2) is 5.08. The average molecular weight is 289 g/mol. The van der Waals surface area contributed by atoms with E-state index in [0.717, 1.165) is 29.0 Å². The Morgan fingerprint density at radius 2 is 2.20 bits per heavy atom. The lowest BCUT2D eigenvalue weighted by Gasteiger charge is -2.38. The molecular weight excluding hydrogens is 266 g/mol. The zero-order valence-electron chi connectivity index (χ0n) is 12.4. The van der Waals surface area contributed by atoms with Crippen LogP contribution in [0.3, 0.4) is 0 Å². The molecule has 0 bridgehead atoms. The van der Waals surface area contributed by atoms with E-state index >= 15 is 0 Å². The fraction of sp³-hybridized carbons (Fsp3) is 0.562. The van der Waals surface area contributed by atoms with E-state index in [1.807, 2.05) is 11.8 Å². The van der Waals surface area contributed by atoms with E-state index in [1.54, 1.807) is 0 Å². The lowest BCUT2D eigenvalue weighted by atomic mass is 9.75.